The van der Waals surface area contributed by atoms with Crippen molar-refractivity contribution in [3.05, 3.63) is 22.9 Å². The highest BCUT2D eigenvalue weighted by Crippen LogP contribution is 2.28. The molecule has 3 rings (SSSR count). The summed E-state index contributed by atoms with van der Waals surface area (Å²) in [4.78, 5) is 15.5. The molecule has 2 aromatic rings. The van der Waals surface area contributed by atoms with Crippen molar-refractivity contribution in [2.45, 2.75) is 32.6 Å². The number of hydrogen-bond acceptors (Lipinski definition) is 4. The highest BCUT2D eigenvalue weighted by atomic mass is 16.1. The zero-order chi connectivity index (χ0) is 13.2. The van der Waals surface area contributed by atoms with Crippen molar-refractivity contribution in [3.63, 3.8) is 0 Å². The third-order valence-electron chi connectivity index (χ3n) is 4.02. The van der Waals surface area contributed by atoms with Crippen LogP contribution in [0, 0.1) is 11.8 Å². The second-order valence-electron chi connectivity index (χ2n) is 5.54. The molecular formula is C13H19N5O. The molecule has 1 fully saturated rings. The topological polar surface area (TPSA) is 75.1 Å². The highest BCUT2D eigenvalue weighted by molar-refractivity contribution is 5.48. The van der Waals surface area contributed by atoms with Gasteiger partial charge < -0.3 is 5.32 Å². The van der Waals surface area contributed by atoms with Gasteiger partial charge in [0.2, 0.25) is 0 Å². The van der Waals surface area contributed by atoms with E-state index >= 15 is 0 Å². The molecule has 1 aliphatic rings. The first-order valence-electron chi connectivity index (χ1n) is 6.89. The number of anilines is 1. The fourth-order valence-electron chi connectivity index (χ4n) is 2.69. The summed E-state index contributed by atoms with van der Waals surface area (Å²) in [6.07, 6.45) is 6.74. The van der Waals surface area contributed by atoms with E-state index in [1.807, 2.05) is 0 Å². The summed E-state index contributed by atoms with van der Waals surface area (Å²) in [6.45, 7) is 3.28. The summed E-state index contributed by atoms with van der Waals surface area (Å²) in [7, 11) is 0. The molecule has 0 spiro atoms. The summed E-state index contributed by atoms with van der Waals surface area (Å²) >= 11 is 0. The van der Waals surface area contributed by atoms with Crippen molar-refractivity contribution >= 4 is 11.5 Å². The van der Waals surface area contributed by atoms with Gasteiger partial charge in [0.25, 0.3) is 0 Å². The number of fused-ring (bicyclic) bond motifs is 1. The number of nitrogens with zero attached hydrogens (tertiary/aromatic N) is 3. The van der Waals surface area contributed by atoms with Gasteiger partial charge in [-0.05, 0) is 24.7 Å². The maximum Gasteiger partial charge on any atom is 0.348 e. The van der Waals surface area contributed by atoms with E-state index in [-0.39, 0.29) is 5.69 Å². The van der Waals surface area contributed by atoms with Crippen molar-refractivity contribution in [1.82, 2.24) is 19.6 Å². The van der Waals surface area contributed by atoms with Crippen LogP contribution < -0.4 is 11.0 Å². The molecule has 2 aromatic heterocycles. The molecule has 0 saturated heterocycles. The molecule has 0 radical (unpaired) electrons. The lowest BCUT2D eigenvalue weighted by molar-refractivity contribution is 0.300. The molecule has 1 aliphatic carbocycles. The van der Waals surface area contributed by atoms with Crippen molar-refractivity contribution in [3.8, 4) is 0 Å². The highest BCUT2D eigenvalue weighted by Gasteiger charge is 2.17. The molecule has 0 amide bonds. The van der Waals surface area contributed by atoms with E-state index in [9.17, 15) is 4.79 Å². The smallest absolute Gasteiger partial charge is 0.348 e. The fraction of sp³-hybridized carbons (Fsp3) is 0.615. The number of H-pyrrole nitrogens is 1. The molecule has 6 nitrogen and oxygen atoms in total. The Morgan fingerprint density at radius 3 is 3.00 bits per heavy atom. The first-order valence-corrected chi connectivity index (χ1v) is 6.89. The largest absolute Gasteiger partial charge is 0.370 e. The van der Waals surface area contributed by atoms with E-state index in [0.29, 0.717) is 5.65 Å². The Kier molecular flexibility index (Phi) is 3.23. The number of nitrogens with one attached hydrogen (secondary N) is 2. The van der Waals surface area contributed by atoms with Crippen LogP contribution in [0.25, 0.3) is 5.65 Å². The van der Waals surface area contributed by atoms with Crippen LogP contribution in [0.15, 0.2) is 17.2 Å². The third-order valence-corrected chi connectivity index (χ3v) is 4.02. The van der Waals surface area contributed by atoms with Crippen molar-refractivity contribution < 1.29 is 0 Å². The molecule has 0 bridgehead atoms. The quantitative estimate of drug-likeness (QED) is 0.881. The van der Waals surface area contributed by atoms with Crippen LogP contribution >= 0.6 is 0 Å². The number of aromatic nitrogens is 4. The van der Waals surface area contributed by atoms with Gasteiger partial charge >= 0.3 is 5.69 Å². The normalized spacial score (nSPS) is 23.6. The molecule has 6 heteroatoms. The van der Waals surface area contributed by atoms with E-state index in [1.165, 1.54) is 36.4 Å². The first kappa shape index (κ1) is 12.2. The number of aromatic amines is 1. The lowest BCUT2D eigenvalue weighted by Gasteiger charge is -2.26. The van der Waals surface area contributed by atoms with Crippen LogP contribution in [-0.4, -0.2) is 26.1 Å². The van der Waals surface area contributed by atoms with Gasteiger partial charge in [-0.15, -0.1) is 0 Å². The van der Waals surface area contributed by atoms with Gasteiger partial charge in [-0.2, -0.15) is 5.10 Å². The Hall–Kier alpha value is -1.85. The summed E-state index contributed by atoms with van der Waals surface area (Å²) in [5.74, 6) is 2.39. The molecule has 0 aromatic carbocycles. The Morgan fingerprint density at radius 2 is 2.21 bits per heavy atom. The van der Waals surface area contributed by atoms with Crippen LogP contribution in [0.1, 0.15) is 32.6 Å². The maximum absolute atomic E-state index is 11.3. The molecule has 0 aliphatic heterocycles. The molecule has 0 unspecified atom stereocenters. The SMILES string of the molecule is CC1CCC(CNc2cc3n[nH]c(=O)n3cn2)CC1. The zero-order valence-corrected chi connectivity index (χ0v) is 11.1. The van der Waals surface area contributed by atoms with Gasteiger partial charge in [0, 0.05) is 12.6 Å². The summed E-state index contributed by atoms with van der Waals surface area (Å²) in [5, 5.41) is 9.68. The Bertz CT molecular complexity index is 609. The lowest BCUT2D eigenvalue weighted by atomic mass is 9.83. The van der Waals surface area contributed by atoms with Crippen molar-refractivity contribution in [2.75, 3.05) is 11.9 Å². The minimum atomic E-state index is -0.254. The third kappa shape index (κ3) is 2.62. The summed E-state index contributed by atoms with van der Waals surface area (Å²) in [5.41, 5.74) is 0.343. The zero-order valence-electron chi connectivity index (χ0n) is 11.1. The van der Waals surface area contributed by atoms with Crippen LogP contribution in [0.2, 0.25) is 0 Å². The van der Waals surface area contributed by atoms with Gasteiger partial charge in [0.15, 0.2) is 5.65 Å². The molecule has 19 heavy (non-hydrogen) atoms. The van der Waals surface area contributed by atoms with Crippen LogP contribution in [0.4, 0.5) is 5.82 Å². The van der Waals surface area contributed by atoms with Gasteiger partial charge in [-0.1, -0.05) is 19.8 Å². The molecule has 1 saturated carbocycles. The van der Waals surface area contributed by atoms with Gasteiger partial charge in [-0.25, -0.2) is 19.3 Å². The summed E-state index contributed by atoms with van der Waals surface area (Å²) in [6, 6.07) is 1.79. The molecular weight excluding hydrogens is 242 g/mol. The first-order chi connectivity index (χ1) is 9.22. The van der Waals surface area contributed by atoms with Crippen LogP contribution in [0.5, 0.6) is 0 Å². The fourth-order valence-corrected chi connectivity index (χ4v) is 2.69. The molecule has 2 N–H and O–H groups in total. The van der Waals surface area contributed by atoms with Gasteiger partial charge in [0.05, 0.1) is 0 Å². The van der Waals surface area contributed by atoms with Crippen molar-refractivity contribution in [1.29, 1.82) is 0 Å². The van der Waals surface area contributed by atoms with Gasteiger partial charge in [-0.3, -0.25) is 0 Å². The van der Waals surface area contributed by atoms with E-state index in [0.717, 1.165) is 24.2 Å². The van der Waals surface area contributed by atoms with Crippen molar-refractivity contribution in [2.24, 2.45) is 11.8 Å². The average molecular weight is 261 g/mol. The van der Waals surface area contributed by atoms with E-state index in [1.54, 1.807) is 6.07 Å². The van der Waals surface area contributed by atoms with Crippen LogP contribution in [-0.2, 0) is 0 Å². The molecule has 2 heterocycles. The van der Waals surface area contributed by atoms with E-state index in [2.05, 4.69) is 27.4 Å². The van der Waals surface area contributed by atoms with Gasteiger partial charge in [0.1, 0.15) is 12.1 Å². The average Bonchev–Trinajstić information content (AvgIpc) is 2.79. The lowest BCUT2D eigenvalue weighted by Crippen LogP contribution is -2.20. The second-order valence-corrected chi connectivity index (χ2v) is 5.54. The second kappa shape index (κ2) is 5.03. The molecule has 0 atom stereocenters. The maximum atomic E-state index is 11.3. The minimum Gasteiger partial charge on any atom is -0.370 e. The predicted molar refractivity (Wildman–Crippen MR) is 73.2 cm³/mol. The monoisotopic (exact) mass is 261 g/mol. The molecule has 102 valence electrons. The Labute approximate surface area is 111 Å². The minimum absolute atomic E-state index is 0.254. The number of hydrogen-bond donors (Lipinski definition) is 2. The standard InChI is InChI=1S/C13H19N5O/c1-9-2-4-10(5-3-9)7-14-11-6-12-16-17-13(19)18(12)8-15-11/h6,8-10,14H,2-5,7H2,1H3,(H,17,19). The van der Waals surface area contributed by atoms with Crippen LogP contribution in [0.3, 0.4) is 0 Å². The summed E-state index contributed by atoms with van der Waals surface area (Å²) < 4.78 is 1.40. The van der Waals surface area contributed by atoms with E-state index in [4.69, 9.17) is 0 Å². The number of rotatable bonds is 3. The predicted octanol–water partition coefficient (Wildman–Crippen LogP) is 1.66. The Morgan fingerprint density at radius 1 is 1.42 bits per heavy atom. The van der Waals surface area contributed by atoms with E-state index < -0.39 is 0 Å². The Balaban J connectivity index is 1.63.